The summed E-state index contributed by atoms with van der Waals surface area (Å²) in [6.45, 7) is 3.25. The molecular formula is C20H23FN4O. The quantitative estimate of drug-likeness (QED) is 0.918. The Hall–Kier alpha value is -2.34. The van der Waals surface area contributed by atoms with Crippen LogP contribution in [0.15, 0.2) is 30.5 Å². The van der Waals surface area contributed by atoms with Gasteiger partial charge in [-0.25, -0.2) is 14.4 Å². The second-order valence-electron chi connectivity index (χ2n) is 7.11. The minimum atomic E-state index is -0.283. The Morgan fingerprint density at radius 1 is 1.31 bits per heavy atom. The van der Waals surface area contributed by atoms with E-state index in [1.165, 1.54) is 12.1 Å². The number of rotatable bonds is 3. The average Bonchev–Trinajstić information content (AvgIpc) is 2.69. The van der Waals surface area contributed by atoms with Gasteiger partial charge in [0.25, 0.3) is 0 Å². The lowest BCUT2D eigenvalue weighted by atomic mass is 9.98. The lowest BCUT2D eigenvalue weighted by Crippen LogP contribution is -2.38. The molecule has 0 saturated carbocycles. The first-order valence-corrected chi connectivity index (χ1v) is 9.26. The van der Waals surface area contributed by atoms with Crippen LogP contribution in [-0.2, 0) is 24.2 Å². The maximum absolute atomic E-state index is 13.0. The number of hydrogen-bond donors (Lipinski definition) is 1. The average molecular weight is 354 g/mol. The van der Waals surface area contributed by atoms with Crippen LogP contribution >= 0.6 is 0 Å². The molecule has 0 aliphatic carbocycles. The Kier molecular flexibility index (Phi) is 4.93. The van der Waals surface area contributed by atoms with Crippen molar-refractivity contribution in [3.8, 4) is 0 Å². The molecule has 1 N–H and O–H groups in total. The number of nitrogens with one attached hydrogen (secondary N) is 1. The smallest absolute Gasteiger partial charge is 0.227 e. The molecule has 1 aromatic heterocycles. The molecule has 26 heavy (non-hydrogen) atoms. The topological polar surface area (TPSA) is 58.1 Å². The van der Waals surface area contributed by atoms with Crippen LogP contribution < -0.4 is 5.32 Å². The first kappa shape index (κ1) is 17.1. The molecule has 136 valence electrons. The van der Waals surface area contributed by atoms with E-state index in [0.29, 0.717) is 25.4 Å². The van der Waals surface area contributed by atoms with Gasteiger partial charge in [-0.15, -0.1) is 0 Å². The number of fused-ring (bicyclic) bond motifs is 1. The van der Waals surface area contributed by atoms with Crippen molar-refractivity contribution in [2.75, 3.05) is 19.6 Å². The summed E-state index contributed by atoms with van der Waals surface area (Å²) in [5, 5.41) is 3.41. The van der Waals surface area contributed by atoms with Gasteiger partial charge in [0.15, 0.2) is 0 Å². The van der Waals surface area contributed by atoms with Crippen LogP contribution in [0.4, 0.5) is 4.39 Å². The van der Waals surface area contributed by atoms with Crippen LogP contribution in [0, 0.1) is 5.82 Å². The fourth-order valence-corrected chi connectivity index (χ4v) is 3.70. The number of hydrogen-bond acceptors (Lipinski definition) is 4. The summed E-state index contributed by atoms with van der Waals surface area (Å²) < 4.78 is 13.0. The van der Waals surface area contributed by atoms with Gasteiger partial charge in [0.2, 0.25) is 5.91 Å². The highest BCUT2D eigenvalue weighted by Crippen LogP contribution is 2.23. The molecule has 1 amide bonds. The van der Waals surface area contributed by atoms with E-state index < -0.39 is 0 Å². The number of benzene rings is 1. The van der Waals surface area contributed by atoms with E-state index in [1.807, 2.05) is 11.1 Å². The van der Waals surface area contributed by atoms with Gasteiger partial charge in [-0.05, 0) is 37.1 Å². The predicted octanol–water partition coefficient (Wildman–Crippen LogP) is 2.21. The van der Waals surface area contributed by atoms with Crippen LogP contribution in [0.25, 0.3) is 0 Å². The number of carbonyl (C=O) groups excluding carboxylic acids is 1. The number of piperidine rings is 1. The van der Waals surface area contributed by atoms with Crippen molar-refractivity contribution in [1.29, 1.82) is 0 Å². The van der Waals surface area contributed by atoms with E-state index in [1.54, 1.807) is 12.1 Å². The Labute approximate surface area is 152 Å². The van der Waals surface area contributed by atoms with Crippen molar-refractivity contribution in [3.05, 3.63) is 58.9 Å². The summed E-state index contributed by atoms with van der Waals surface area (Å²) in [6, 6.07) is 6.12. The van der Waals surface area contributed by atoms with E-state index in [0.717, 1.165) is 55.0 Å². The van der Waals surface area contributed by atoms with Gasteiger partial charge in [-0.1, -0.05) is 12.1 Å². The van der Waals surface area contributed by atoms with Crippen LogP contribution in [0.2, 0.25) is 0 Å². The third kappa shape index (κ3) is 3.75. The maximum Gasteiger partial charge on any atom is 0.227 e. The van der Waals surface area contributed by atoms with Crippen LogP contribution in [-0.4, -0.2) is 40.4 Å². The van der Waals surface area contributed by atoms with E-state index >= 15 is 0 Å². The summed E-state index contributed by atoms with van der Waals surface area (Å²) in [4.78, 5) is 23.8. The number of amides is 1. The largest absolute Gasteiger partial charge is 0.338 e. The molecule has 2 aliphatic rings. The standard InChI is InChI=1S/C20H23FN4O/c21-17-5-3-14(4-6-17)10-19(26)25-9-7-18-16(13-25)12-23-20(24-18)15-2-1-8-22-11-15/h3-6,12,15,22H,1-2,7-11,13H2. The van der Waals surface area contributed by atoms with Crippen molar-refractivity contribution >= 4 is 5.91 Å². The number of halogens is 1. The third-order valence-electron chi connectivity index (χ3n) is 5.24. The van der Waals surface area contributed by atoms with Crippen LogP contribution in [0.5, 0.6) is 0 Å². The molecule has 1 fully saturated rings. The summed E-state index contributed by atoms with van der Waals surface area (Å²) >= 11 is 0. The zero-order valence-corrected chi connectivity index (χ0v) is 14.7. The Bertz CT molecular complexity index is 787. The van der Waals surface area contributed by atoms with E-state index in [9.17, 15) is 9.18 Å². The summed E-state index contributed by atoms with van der Waals surface area (Å²) in [5.74, 6) is 1.10. The zero-order valence-electron chi connectivity index (χ0n) is 14.7. The second kappa shape index (κ2) is 7.50. The highest BCUT2D eigenvalue weighted by atomic mass is 19.1. The molecule has 1 atom stereocenters. The van der Waals surface area contributed by atoms with Gasteiger partial charge in [0.1, 0.15) is 11.6 Å². The molecule has 5 nitrogen and oxygen atoms in total. The summed E-state index contributed by atoms with van der Waals surface area (Å²) in [6.07, 6.45) is 5.25. The highest BCUT2D eigenvalue weighted by molar-refractivity contribution is 5.79. The molecule has 0 spiro atoms. The lowest BCUT2D eigenvalue weighted by Gasteiger charge is -2.29. The Morgan fingerprint density at radius 2 is 2.15 bits per heavy atom. The molecule has 1 unspecified atom stereocenters. The minimum absolute atomic E-state index is 0.0582. The van der Waals surface area contributed by atoms with Crippen molar-refractivity contribution < 1.29 is 9.18 Å². The molecule has 0 radical (unpaired) electrons. The SMILES string of the molecule is O=C(Cc1ccc(F)cc1)N1CCc2nc(C3CCCNC3)ncc2C1. The van der Waals surface area contributed by atoms with Crippen LogP contribution in [0.3, 0.4) is 0 Å². The first-order valence-electron chi connectivity index (χ1n) is 9.26. The minimum Gasteiger partial charge on any atom is -0.338 e. The van der Waals surface area contributed by atoms with E-state index in [-0.39, 0.29) is 11.7 Å². The number of nitrogens with zero attached hydrogens (tertiary/aromatic N) is 3. The third-order valence-corrected chi connectivity index (χ3v) is 5.24. The van der Waals surface area contributed by atoms with Crippen molar-refractivity contribution in [2.24, 2.45) is 0 Å². The summed E-state index contributed by atoms with van der Waals surface area (Å²) in [5.41, 5.74) is 2.95. The number of carbonyl (C=O) groups is 1. The molecule has 3 heterocycles. The Balaban J connectivity index is 1.42. The Morgan fingerprint density at radius 3 is 2.92 bits per heavy atom. The van der Waals surface area contributed by atoms with Gasteiger partial charge in [0, 0.05) is 43.7 Å². The fourth-order valence-electron chi connectivity index (χ4n) is 3.70. The van der Waals surface area contributed by atoms with Gasteiger partial charge in [0.05, 0.1) is 12.1 Å². The normalized spacial score (nSPS) is 19.9. The van der Waals surface area contributed by atoms with Gasteiger partial charge in [-0.3, -0.25) is 4.79 Å². The molecule has 0 bridgehead atoms. The molecule has 6 heteroatoms. The monoisotopic (exact) mass is 354 g/mol. The van der Waals surface area contributed by atoms with Crippen molar-refractivity contribution in [1.82, 2.24) is 20.2 Å². The van der Waals surface area contributed by atoms with Crippen LogP contribution in [0.1, 0.15) is 41.4 Å². The van der Waals surface area contributed by atoms with Gasteiger partial charge in [-0.2, -0.15) is 0 Å². The molecular weight excluding hydrogens is 331 g/mol. The second-order valence-corrected chi connectivity index (χ2v) is 7.11. The van der Waals surface area contributed by atoms with Crippen molar-refractivity contribution in [2.45, 2.75) is 38.1 Å². The number of aromatic nitrogens is 2. The summed E-state index contributed by atoms with van der Waals surface area (Å²) in [7, 11) is 0. The van der Waals surface area contributed by atoms with Gasteiger partial charge >= 0.3 is 0 Å². The van der Waals surface area contributed by atoms with Gasteiger partial charge < -0.3 is 10.2 Å². The van der Waals surface area contributed by atoms with E-state index in [4.69, 9.17) is 4.98 Å². The molecule has 2 aliphatic heterocycles. The highest BCUT2D eigenvalue weighted by Gasteiger charge is 2.24. The fraction of sp³-hybridized carbons (Fsp3) is 0.450. The van der Waals surface area contributed by atoms with Crippen molar-refractivity contribution in [3.63, 3.8) is 0 Å². The maximum atomic E-state index is 13.0. The first-order chi connectivity index (χ1) is 12.7. The molecule has 4 rings (SSSR count). The molecule has 1 aromatic carbocycles. The molecule has 2 aromatic rings. The zero-order chi connectivity index (χ0) is 17.9. The predicted molar refractivity (Wildman–Crippen MR) is 96.1 cm³/mol. The molecule has 1 saturated heterocycles. The van der Waals surface area contributed by atoms with E-state index in [2.05, 4.69) is 10.3 Å². The lowest BCUT2D eigenvalue weighted by molar-refractivity contribution is -0.131.